The molecule has 0 aliphatic carbocycles. The van der Waals surface area contributed by atoms with Crippen molar-refractivity contribution >= 4 is 58.0 Å². The third kappa shape index (κ3) is 12.6. The molecule has 0 radical (unpaired) electrons. The van der Waals surface area contributed by atoms with Crippen molar-refractivity contribution in [2.75, 3.05) is 76.0 Å². The zero-order valence-electron chi connectivity index (χ0n) is 24.7. The lowest BCUT2D eigenvalue weighted by atomic mass is 9.86. The van der Waals surface area contributed by atoms with E-state index in [2.05, 4.69) is 9.80 Å². The number of benzene rings is 2. The molecule has 0 N–H and O–H groups in total. The van der Waals surface area contributed by atoms with Gasteiger partial charge < -0.3 is 19.3 Å². The first-order valence-corrected chi connectivity index (χ1v) is 16.8. The van der Waals surface area contributed by atoms with Crippen LogP contribution in [0.1, 0.15) is 47.4 Å². The smallest absolute Gasteiger partial charge is 0.167 e. The van der Waals surface area contributed by atoms with Crippen LogP contribution in [0.25, 0.3) is 0 Å². The van der Waals surface area contributed by atoms with E-state index in [0.29, 0.717) is 100.0 Å². The first-order chi connectivity index (χ1) is 20.4. The first-order valence-electron chi connectivity index (χ1n) is 14.6. The van der Waals surface area contributed by atoms with Crippen LogP contribution in [-0.2, 0) is 0 Å². The molecule has 0 fully saturated rings. The zero-order chi connectivity index (χ0) is 30.7. The van der Waals surface area contributed by atoms with Crippen LogP contribution in [0.3, 0.4) is 0 Å². The lowest BCUT2D eigenvalue weighted by molar-refractivity contribution is 0.0816. The first kappa shape index (κ1) is 36.7. The summed E-state index contributed by atoms with van der Waals surface area (Å²) in [6.45, 7) is 8.43. The molecule has 0 aliphatic heterocycles. The van der Waals surface area contributed by atoms with Gasteiger partial charge in [-0.2, -0.15) is 0 Å². The number of hydrogen-bond donors (Lipinski definition) is 0. The molecular formula is C32H44Cl4N2O4. The van der Waals surface area contributed by atoms with Crippen LogP contribution in [0, 0.1) is 11.8 Å². The highest BCUT2D eigenvalue weighted by atomic mass is 35.5. The zero-order valence-corrected chi connectivity index (χ0v) is 27.7. The Kier molecular flexibility index (Phi) is 18.5. The van der Waals surface area contributed by atoms with Gasteiger partial charge in [0.05, 0.1) is 13.2 Å². The lowest BCUT2D eigenvalue weighted by Crippen LogP contribution is -2.38. The fourth-order valence-electron chi connectivity index (χ4n) is 4.94. The topological polar surface area (TPSA) is 59.1 Å². The largest absolute Gasteiger partial charge is 0.494 e. The van der Waals surface area contributed by atoms with E-state index in [-0.39, 0.29) is 23.4 Å². The van der Waals surface area contributed by atoms with E-state index in [1.807, 2.05) is 38.1 Å². The minimum absolute atomic E-state index is 0.0258. The number of carbonyl (C=O) groups excluding carboxylic acids is 2. The number of hydrogen-bond acceptors (Lipinski definition) is 6. The molecule has 2 aromatic rings. The van der Waals surface area contributed by atoms with Crippen molar-refractivity contribution in [2.24, 2.45) is 11.8 Å². The highest BCUT2D eigenvalue weighted by Gasteiger charge is 2.28. The highest BCUT2D eigenvalue weighted by Crippen LogP contribution is 2.25. The average Bonchev–Trinajstić information content (AvgIpc) is 2.99. The quantitative estimate of drug-likeness (QED) is 0.0934. The molecule has 0 bridgehead atoms. The van der Waals surface area contributed by atoms with Gasteiger partial charge in [0.15, 0.2) is 11.6 Å². The van der Waals surface area contributed by atoms with Gasteiger partial charge in [0.1, 0.15) is 11.5 Å². The summed E-state index contributed by atoms with van der Waals surface area (Å²) in [7, 11) is 0. The van der Waals surface area contributed by atoms with Crippen LogP contribution in [0.2, 0.25) is 0 Å². The molecule has 2 aromatic carbocycles. The van der Waals surface area contributed by atoms with E-state index in [4.69, 9.17) is 55.9 Å². The SMILES string of the molecule is CCOc1ccc(C(=O)[C@@H](CC[C@@H](CN(CCCl)CCCl)C(=O)c2ccc(OCC)cc2)CN(CCCl)CCCl)cc1. The standard InChI is InChI=1S/C32H44Cl4N2O4/c1-3-41-29-11-7-25(8-12-29)31(39)27(23-37(19-15-33)20-16-34)5-6-28(24-38(21-17-35)22-18-36)32(40)26-9-13-30(14-10-26)42-4-2/h7-14,27-28H,3-6,15-24H2,1-2H3/t27-,28-/m0/s1. The Labute approximate surface area is 271 Å². The van der Waals surface area contributed by atoms with Crippen LogP contribution in [0.5, 0.6) is 11.5 Å². The van der Waals surface area contributed by atoms with Crippen LogP contribution in [0.15, 0.2) is 48.5 Å². The van der Waals surface area contributed by atoms with E-state index >= 15 is 0 Å². The van der Waals surface area contributed by atoms with Crippen molar-refractivity contribution in [3.63, 3.8) is 0 Å². The number of rotatable bonds is 23. The molecule has 0 aliphatic rings. The van der Waals surface area contributed by atoms with Gasteiger partial charge in [-0.25, -0.2) is 0 Å². The Morgan fingerprint density at radius 1 is 0.595 bits per heavy atom. The molecule has 0 unspecified atom stereocenters. The number of ketones is 2. The summed E-state index contributed by atoms with van der Waals surface area (Å²) in [5.41, 5.74) is 1.22. The molecule has 0 saturated heterocycles. The summed E-state index contributed by atoms with van der Waals surface area (Å²) in [5, 5.41) is 0. The average molecular weight is 663 g/mol. The Balaban J connectivity index is 2.34. The second-order valence-electron chi connectivity index (χ2n) is 9.97. The normalized spacial score (nSPS) is 12.9. The van der Waals surface area contributed by atoms with Gasteiger partial charge in [0.2, 0.25) is 0 Å². The van der Waals surface area contributed by atoms with Gasteiger partial charge in [0.25, 0.3) is 0 Å². The molecule has 42 heavy (non-hydrogen) atoms. The summed E-state index contributed by atoms with van der Waals surface area (Å²) >= 11 is 24.3. The number of nitrogens with zero attached hydrogens (tertiary/aromatic N) is 2. The Morgan fingerprint density at radius 3 is 1.17 bits per heavy atom. The third-order valence-electron chi connectivity index (χ3n) is 7.06. The Morgan fingerprint density at radius 2 is 0.905 bits per heavy atom. The second kappa shape index (κ2) is 21.2. The van der Waals surface area contributed by atoms with Gasteiger partial charge in [-0.05, 0) is 75.2 Å². The van der Waals surface area contributed by atoms with Gasteiger partial charge in [0, 0.05) is 85.8 Å². The van der Waals surface area contributed by atoms with Gasteiger partial charge in [-0.3, -0.25) is 9.59 Å². The summed E-state index contributed by atoms with van der Waals surface area (Å²) in [6.07, 6.45) is 1.05. The minimum Gasteiger partial charge on any atom is -0.494 e. The second-order valence-corrected chi connectivity index (χ2v) is 11.5. The number of alkyl halides is 4. The monoisotopic (exact) mass is 660 g/mol. The molecule has 6 nitrogen and oxygen atoms in total. The predicted molar refractivity (Wildman–Crippen MR) is 176 cm³/mol. The summed E-state index contributed by atoms with van der Waals surface area (Å²) < 4.78 is 11.1. The van der Waals surface area contributed by atoms with Crippen molar-refractivity contribution in [3.05, 3.63) is 59.7 Å². The Bertz CT molecular complexity index is 944. The highest BCUT2D eigenvalue weighted by molar-refractivity contribution is 6.18. The van der Waals surface area contributed by atoms with Crippen LogP contribution in [0.4, 0.5) is 0 Å². The van der Waals surface area contributed by atoms with Crippen LogP contribution < -0.4 is 9.47 Å². The summed E-state index contributed by atoms with van der Waals surface area (Å²) in [5.74, 6) is 2.54. The van der Waals surface area contributed by atoms with Crippen molar-refractivity contribution in [3.8, 4) is 11.5 Å². The van der Waals surface area contributed by atoms with Gasteiger partial charge in [-0.15, -0.1) is 46.4 Å². The number of carbonyl (C=O) groups is 2. The maximum atomic E-state index is 13.9. The third-order valence-corrected chi connectivity index (χ3v) is 7.74. The maximum absolute atomic E-state index is 13.9. The van der Waals surface area contributed by atoms with Gasteiger partial charge >= 0.3 is 0 Å². The molecule has 0 heterocycles. The lowest BCUT2D eigenvalue weighted by Gasteiger charge is -2.29. The molecular weight excluding hydrogens is 618 g/mol. The van der Waals surface area contributed by atoms with Crippen molar-refractivity contribution in [2.45, 2.75) is 26.7 Å². The van der Waals surface area contributed by atoms with Crippen molar-refractivity contribution in [1.82, 2.24) is 9.80 Å². The fourth-order valence-corrected chi connectivity index (χ4v) is 5.89. The molecule has 0 saturated carbocycles. The number of halogens is 4. The molecule has 234 valence electrons. The summed E-state index contributed by atoms with van der Waals surface area (Å²) in [4.78, 5) is 32.0. The molecule has 0 spiro atoms. The molecule has 2 atom stereocenters. The fraction of sp³-hybridized carbons (Fsp3) is 0.562. The van der Waals surface area contributed by atoms with Crippen LogP contribution >= 0.6 is 46.4 Å². The number of ether oxygens (including phenoxy) is 2. The molecule has 10 heteroatoms. The minimum atomic E-state index is -0.348. The molecule has 0 aromatic heterocycles. The van der Waals surface area contributed by atoms with Crippen molar-refractivity contribution < 1.29 is 19.1 Å². The van der Waals surface area contributed by atoms with E-state index in [1.54, 1.807) is 24.3 Å². The number of Topliss-reactive ketones (excluding diaryl/α,β-unsaturated/α-hetero) is 2. The van der Waals surface area contributed by atoms with E-state index in [9.17, 15) is 9.59 Å². The Hall–Kier alpha value is -1.54. The predicted octanol–water partition coefficient (Wildman–Crippen LogP) is 7.12. The maximum Gasteiger partial charge on any atom is 0.167 e. The van der Waals surface area contributed by atoms with Crippen LogP contribution in [-0.4, -0.2) is 97.4 Å². The van der Waals surface area contributed by atoms with E-state index in [0.717, 1.165) is 11.5 Å². The van der Waals surface area contributed by atoms with E-state index in [1.165, 1.54) is 0 Å². The van der Waals surface area contributed by atoms with Gasteiger partial charge in [-0.1, -0.05) is 0 Å². The molecule has 0 amide bonds. The van der Waals surface area contributed by atoms with E-state index < -0.39 is 0 Å². The molecule has 2 rings (SSSR count). The summed E-state index contributed by atoms with van der Waals surface area (Å²) in [6, 6.07) is 14.5. The van der Waals surface area contributed by atoms with Crippen molar-refractivity contribution in [1.29, 1.82) is 0 Å².